The Morgan fingerprint density at radius 3 is 2.42 bits per heavy atom. The first-order valence-electron chi connectivity index (χ1n) is 9.17. The van der Waals surface area contributed by atoms with E-state index in [0.29, 0.717) is 23.4 Å². The molecule has 0 saturated heterocycles. The number of carbonyl (C=O) groups excluding carboxylic acids is 1. The minimum Gasteiger partial charge on any atom is -0.496 e. The van der Waals surface area contributed by atoms with E-state index in [9.17, 15) is 4.79 Å². The highest BCUT2D eigenvalue weighted by molar-refractivity contribution is 5.96. The number of amides is 1. The SMILES string of the molecule is COc1cc(N[C@H]2CC[C@H](NCc3ccccc3)CC2)ccc1C(N)=O. The van der Waals surface area contributed by atoms with E-state index in [4.69, 9.17) is 10.5 Å². The summed E-state index contributed by atoms with van der Waals surface area (Å²) in [6.07, 6.45) is 4.54. The summed E-state index contributed by atoms with van der Waals surface area (Å²) in [6.45, 7) is 0.926. The average molecular weight is 353 g/mol. The van der Waals surface area contributed by atoms with Gasteiger partial charge >= 0.3 is 0 Å². The second-order valence-electron chi connectivity index (χ2n) is 6.84. The van der Waals surface area contributed by atoms with Crippen molar-refractivity contribution in [1.29, 1.82) is 0 Å². The van der Waals surface area contributed by atoms with E-state index < -0.39 is 5.91 Å². The quantitative estimate of drug-likeness (QED) is 0.714. The molecule has 1 aliphatic carbocycles. The van der Waals surface area contributed by atoms with Gasteiger partial charge in [0.15, 0.2) is 0 Å². The zero-order valence-corrected chi connectivity index (χ0v) is 15.2. The van der Waals surface area contributed by atoms with Gasteiger partial charge in [0.1, 0.15) is 5.75 Å². The molecule has 0 unspecified atom stereocenters. The predicted octanol–water partition coefficient (Wildman–Crippen LogP) is 3.31. The number of carbonyl (C=O) groups is 1. The normalized spacial score (nSPS) is 19.7. The van der Waals surface area contributed by atoms with Crippen LogP contribution in [0, 0.1) is 0 Å². The fourth-order valence-corrected chi connectivity index (χ4v) is 3.52. The fraction of sp³-hybridized carbons (Fsp3) is 0.381. The third-order valence-electron chi connectivity index (χ3n) is 5.00. The van der Waals surface area contributed by atoms with E-state index in [1.807, 2.05) is 18.2 Å². The molecular formula is C21H27N3O2. The van der Waals surface area contributed by atoms with Crippen LogP contribution < -0.4 is 21.1 Å². The second kappa shape index (κ2) is 8.72. The largest absolute Gasteiger partial charge is 0.496 e. The van der Waals surface area contributed by atoms with E-state index in [-0.39, 0.29) is 0 Å². The highest BCUT2D eigenvalue weighted by atomic mass is 16.5. The molecule has 1 aliphatic rings. The lowest BCUT2D eigenvalue weighted by molar-refractivity contribution is 0.0997. The molecule has 0 bridgehead atoms. The Balaban J connectivity index is 1.48. The number of nitrogens with two attached hydrogens (primary N) is 1. The van der Waals surface area contributed by atoms with Crippen molar-refractivity contribution in [2.45, 2.75) is 44.3 Å². The predicted molar refractivity (Wildman–Crippen MR) is 104 cm³/mol. The lowest BCUT2D eigenvalue weighted by Gasteiger charge is -2.30. The molecule has 138 valence electrons. The number of benzene rings is 2. The minimum absolute atomic E-state index is 0.409. The second-order valence-corrected chi connectivity index (χ2v) is 6.84. The molecule has 0 spiro atoms. The van der Waals surface area contributed by atoms with Gasteiger partial charge in [-0.05, 0) is 43.4 Å². The van der Waals surface area contributed by atoms with Gasteiger partial charge < -0.3 is 21.1 Å². The van der Waals surface area contributed by atoms with Crippen LogP contribution in [0.15, 0.2) is 48.5 Å². The summed E-state index contributed by atoms with van der Waals surface area (Å²) in [7, 11) is 1.55. The van der Waals surface area contributed by atoms with Gasteiger partial charge in [-0.1, -0.05) is 30.3 Å². The number of hydrogen-bond acceptors (Lipinski definition) is 4. The molecule has 1 amide bonds. The van der Waals surface area contributed by atoms with Gasteiger partial charge in [-0.25, -0.2) is 0 Å². The Labute approximate surface area is 154 Å². The van der Waals surface area contributed by atoms with Crippen LogP contribution in [0.2, 0.25) is 0 Å². The van der Waals surface area contributed by atoms with Crippen LogP contribution in [0.4, 0.5) is 5.69 Å². The molecule has 2 aromatic rings. The first-order chi connectivity index (χ1) is 12.7. The molecule has 3 rings (SSSR count). The van der Waals surface area contributed by atoms with E-state index in [0.717, 1.165) is 37.9 Å². The average Bonchev–Trinajstić information content (AvgIpc) is 2.68. The Hall–Kier alpha value is -2.53. The van der Waals surface area contributed by atoms with Crippen molar-refractivity contribution in [3.63, 3.8) is 0 Å². The van der Waals surface area contributed by atoms with Gasteiger partial charge in [0, 0.05) is 30.4 Å². The van der Waals surface area contributed by atoms with Gasteiger partial charge in [0.05, 0.1) is 12.7 Å². The number of nitrogens with one attached hydrogen (secondary N) is 2. The fourth-order valence-electron chi connectivity index (χ4n) is 3.52. The van der Waals surface area contributed by atoms with Crippen molar-refractivity contribution in [3.8, 4) is 5.75 Å². The maximum absolute atomic E-state index is 11.4. The number of methoxy groups -OCH3 is 1. The molecule has 0 aliphatic heterocycles. The van der Waals surface area contributed by atoms with Gasteiger partial charge in [-0.15, -0.1) is 0 Å². The standard InChI is InChI=1S/C21H27N3O2/c1-26-20-13-18(11-12-19(20)21(22)25)24-17-9-7-16(8-10-17)23-14-15-5-3-2-4-6-15/h2-6,11-13,16-17,23-24H,7-10,14H2,1H3,(H2,22,25)/t16-,17-. The zero-order chi connectivity index (χ0) is 18.4. The number of ether oxygens (including phenoxy) is 1. The maximum Gasteiger partial charge on any atom is 0.252 e. The van der Waals surface area contributed by atoms with Crippen molar-refractivity contribution >= 4 is 11.6 Å². The highest BCUT2D eigenvalue weighted by Gasteiger charge is 2.21. The van der Waals surface area contributed by atoms with Crippen LogP contribution in [-0.4, -0.2) is 25.1 Å². The molecule has 4 N–H and O–H groups in total. The Morgan fingerprint density at radius 1 is 1.08 bits per heavy atom. The first-order valence-corrected chi connectivity index (χ1v) is 9.17. The van der Waals surface area contributed by atoms with Crippen LogP contribution in [0.1, 0.15) is 41.6 Å². The lowest BCUT2D eigenvalue weighted by atomic mass is 9.90. The lowest BCUT2D eigenvalue weighted by Crippen LogP contribution is -2.36. The number of anilines is 1. The minimum atomic E-state index is -0.474. The van der Waals surface area contributed by atoms with Crippen LogP contribution >= 0.6 is 0 Å². The van der Waals surface area contributed by atoms with Gasteiger partial charge in [-0.3, -0.25) is 4.79 Å². The van der Waals surface area contributed by atoms with Gasteiger partial charge in [-0.2, -0.15) is 0 Å². The monoisotopic (exact) mass is 353 g/mol. The topological polar surface area (TPSA) is 76.4 Å². The van der Waals surface area contributed by atoms with Crippen LogP contribution in [0.25, 0.3) is 0 Å². The van der Waals surface area contributed by atoms with E-state index in [2.05, 4.69) is 34.9 Å². The summed E-state index contributed by atoms with van der Waals surface area (Å²) in [5.74, 6) is 0.0408. The highest BCUT2D eigenvalue weighted by Crippen LogP contribution is 2.27. The Morgan fingerprint density at radius 2 is 1.77 bits per heavy atom. The summed E-state index contributed by atoms with van der Waals surface area (Å²) in [4.78, 5) is 11.4. The molecule has 1 fully saturated rings. The molecule has 5 nitrogen and oxygen atoms in total. The Kier molecular flexibility index (Phi) is 6.12. The zero-order valence-electron chi connectivity index (χ0n) is 15.2. The van der Waals surface area contributed by atoms with Crippen molar-refractivity contribution in [2.75, 3.05) is 12.4 Å². The smallest absolute Gasteiger partial charge is 0.252 e. The summed E-state index contributed by atoms with van der Waals surface area (Å²) in [5.41, 5.74) is 8.07. The van der Waals surface area contributed by atoms with Crippen LogP contribution in [0.3, 0.4) is 0 Å². The van der Waals surface area contributed by atoms with Gasteiger partial charge in [0.25, 0.3) is 5.91 Å². The molecule has 26 heavy (non-hydrogen) atoms. The first kappa shape index (κ1) is 18.3. The van der Waals surface area contributed by atoms with Crippen molar-refractivity contribution in [3.05, 3.63) is 59.7 Å². The number of hydrogen-bond donors (Lipinski definition) is 3. The van der Waals surface area contributed by atoms with Crippen molar-refractivity contribution in [1.82, 2.24) is 5.32 Å². The van der Waals surface area contributed by atoms with Crippen LogP contribution in [-0.2, 0) is 6.54 Å². The van der Waals surface area contributed by atoms with Crippen LogP contribution in [0.5, 0.6) is 5.75 Å². The number of rotatable bonds is 7. The molecule has 0 aromatic heterocycles. The molecule has 2 aromatic carbocycles. The summed E-state index contributed by atoms with van der Waals surface area (Å²) in [5, 5.41) is 7.22. The molecule has 0 radical (unpaired) electrons. The maximum atomic E-state index is 11.4. The third-order valence-corrected chi connectivity index (χ3v) is 5.00. The summed E-state index contributed by atoms with van der Waals surface area (Å²) >= 11 is 0. The molecular weight excluding hydrogens is 326 g/mol. The molecule has 0 atom stereocenters. The van der Waals surface area contributed by atoms with E-state index in [1.165, 1.54) is 5.56 Å². The molecule has 5 heteroatoms. The molecule has 0 heterocycles. The molecule has 1 saturated carbocycles. The third kappa shape index (κ3) is 4.76. The van der Waals surface area contributed by atoms with E-state index in [1.54, 1.807) is 13.2 Å². The summed E-state index contributed by atoms with van der Waals surface area (Å²) < 4.78 is 5.28. The van der Waals surface area contributed by atoms with Gasteiger partial charge in [0.2, 0.25) is 0 Å². The van der Waals surface area contributed by atoms with Crippen molar-refractivity contribution in [2.24, 2.45) is 5.73 Å². The Bertz CT molecular complexity index is 725. The van der Waals surface area contributed by atoms with Crippen molar-refractivity contribution < 1.29 is 9.53 Å². The summed E-state index contributed by atoms with van der Waals surface area (Å²) in [6, 6.07) is 17.0. The van der Waals surface area contributed by atoms with E-state index >= 15 is 0 Å². The number of primary amides is 1.